The maximum absolute atomic E-state index is 5.90. The first-order valence-electron chi connectivity index (χ1n) is 5.06. The van der Waals surface area contributed by atoms with E-state index in [9.17, 15) is 0 Å². The Balaban J connectivity index is 3.02. The van der Waals surface area contributed by atoms with E-state index in [0.717, 1.165) is 0 Å². The summed E-state index contributed by atoms with van der Waals surface area (Å²) in [6.45, 7) is 4.45. The van der Waals surface area contributed by atoms with Crippen molar-refractivity contribution in [1.29, 1.82) is 0 Å². The van der Waals surface area contributed by atoms with Crippen LogP contribution in [0.2, 0.25) is 0 Å². The zero-order chi connectivity index (χ0) is 8.53. The summed E-state index contributed by atoms with van der Waals surface area (Å²) >= 11 is 0. The van der Waals surface area contributed by atoms with Crippen molar-refractivity contribution in [3.8, 4) is 0 Å². The highest BCUT2D eigenvalue weighted by molar-refractivity contribution is 4.60. The largest absolute Gasteiger partial charge is 0.328 e. The van der Waals surface area contributed by atoms with Crippen LogP contribution in [0.15, 0.2) is 0 Å². The molecule has 0 unspecified atom stereocenters. The second kappa shape index (κ2) is 8.06. The topological polar surface area (TPSA) is 26.0 Å². The molecule has 0 aliphatic rings. The molecule has 0 aromatic carbocycles. The Labute approximate surface area is 71.4 Å². The second-order valence-corrected chi connectivity index (χ2v) is 3.40. The van der Waals surface area contributed by atoms with Gasteiger partial charge in [-0.1, -0.05) is 46.0 Å². The van der Waals surface area contributed by atoms with Crippen molar-refractivity contribution >= 4 is 0 Å². The zero-order valence-corrected chi connectivity index (χ0v) is 8.10. The van der Waals surface area contributed by atoms with Gasteiger partial charge in [-0.15, -0.1) is 0 Å². The predicted molar refractivity (Wildman–Crippen MR) is 51.6 cm³/mol. The molecule has 0 aliphatic heterocycles. The Hall–Kier alpha value is -0.0400. The first kappa shape index (κ1) is 11.0. The lowest BCUT2D eigenvalue weighted by Crippen LogP contribution is -2.19. The molecule has 0 rings (SSSR count). The Morgan fingerprint density at radius 3 is 2.00 bits per heavy atom. The molecule has 0 aromatic rings. The molecule has 0 aliphatic carbocycles. The van der Waals surface area contributed by atoms with Crippen LogP contribution >= 0.6 is 0 Å². The third-order valence-corrected chi connectivity index (χ3v) is 2.11. The molecular formula is C10H23N. The average Bonchev–Trinajstić information content (AvgIpc) is 2.01. The van der Waals surface area contributed by atoms with Crippen LogP contribution in [-0.4, -0.2) is 6.04 Å². The van der Waals surface area contributed by atoms with Gasteiger partial charge in [-0.3, -0.25) is 0 Å². The molecule has 0 heterocycles. The Morgan fingerprint density at radius 1 is 0.909 bits per heavy atom. The lowest BCUT2D eigenvalue weighted by molar-refractivity contribution is 0.510. The summed E-state index contributed by atoms with van der Waals surface area (Å²) in [5, 5.41) is 0. The van der Waals surface area contributed by atoms with Crippen LogP contribution in [0.5, 0.6) is 0 Å². The van der Waals surface area contributed by atoms with E-state index < -0.39 is 0 Å². The third-order valence-electron chi connectivity index (χ3n) is 2.11. The van der Waals surface area contributed by atoms with Gasteiger partial charge in [0.05, 0.1) is 0 Å². The van der Waals surface area contributed by atoms with Gasteiger partial charge in [0.15, 0.2) is 0 Å². The van der Waals surface area contributed by atoms with E-state index >= 15 is 0 Å². The highest BCUT2D eigenvalue weighted by Crippen LogP contribution is 2.07. The number of nitrogens with two attached hydrogens (primary N) is 1. The average molecular weight is 157 g/mol. The third kappa shape index (κ3) is 7.86. The summed E-state index contributed by atoms with van der Waals surface area (Å²) in [5.41, 5.74) is 5.90. The van der Waals surface area contributed by atoms with Gasteiger partial charge in [0, 0.05) is 6.04 Å². The van der Waals surface area contributed by atoms with E-state index in [1.54, 1.807) is 0 Å². The molecule has 0 saturated heterocycles. The minimum absolute atomic E-state index is 0.474. The van der Waals surface area contributed by atoms with Crippen molar-refractivity contribution in [1.82, 2.24) is 0 Å². The molecule has 0 spiro atoms. The van der Waals surface area contributed by atoms with Crippen molar-refractivity contribution < 1.29 is 0 Å². The SMILES string of the molecule is CCCCC[C@@H](N)CCCC. The highest BCUT2D eigenvalue weighted by Gasteiger charge is 1.99. The van der Waals surface area contributed by atoms with Gasteiger partial charge in [0.25, 0.3) is 0 Å². The Kier molecular flexibility index (Phi) is 8.03. The smallest absolute Gasteiger partial charge is 0.00388 e. The second-order valence-electron chi connectivity index (χ2n) is 3.40. The van der Waals surface area contributed by atoms with Crippen LogP contribution < -0.4 is 5.73 Å². The van der Waals surface area contributed by atoms with Crippen LogP contribution in [0, 0.1) is 0 Å². The summed E-state index contributed by atoms with van der Waals surface area (Å²) in [5.74, 6) is 0. The van der Waals surface area contributed by atoms with Gasteiger partial charge in [-0.2, -0.15) is 0 Å². The van der Waals surface area contributed by atoms with Crippen molar-refractivity contribution in [2.75, 3.05) is 0 Å². The van der Waals surface area contributed by atoms with Gasteiger partial charge in [0.2, 0.25) is 0 Å². The Bertz CT molecular complexity index is 71.3. The van der Waals surface area contributed by atoms with Gasteiger partial charge in [-0.25, -0.2) is 0 Å². The van der Waals surface area contributed by atoms with E-state index in [-0.39, 0.29) is 0 Å². The number of hydrogen-bond donors (Lipinski definition) is 1. The molecule has 0 fully saturated rings. The van der Waals surface area contributed by atoms with Gasteiger partial charge < -0.3 is 5.73 Å². The van der Waals surface area contributed by atoms with E-state index in [1.807, 2.05) is 0 Å². The van der Waals surface area contributed by atoms with Gasteiger partial charge in [-0.05, 0) is 12.8 Å². The molecule has 1 atom stereocenters. The molecule has 1 nitrogen and oxygen atoms in total. The van der Waals surface area contributed by atoms with Crippen LogP contribution in [0.4, 0.5) is 0 Å². The highest BCUT2D eigenvalue weighted by atomic mass is 14.6. The van der Waals surface area contributed by atoms with Crippen LogP contribution in [0.1, 0.15) is 58.8 Å². The van der Waals surface area contributed by atoms with Crippen molar-refractivity contribution in [2.45, 2.75) is 64.8 Å². The number of rotatable bonds is 7. The first-order valence-corrected chi connectivity index (χ1v) is 5.06. The quantitative estimate of drug-likeness (QED) is 0.565. The monoisotopic (exact) mass is 157 g/mol. The van der Waals surface area contributed by atoms with E-state index in [4.69, 9.17) is 5.73 Å². The van der Waals surface area contributed by atoms with Gasteiger partial charge >= 0.3 is 0 Å². The molecular weight excluding hydrogens is 134 g/mol. The maximum atomic E-state index is 5.90. The summed E-state index contributed by atoms with van der Waals surface area (Å²) in [6.07, 6.45) is 9.00. The minimum atomic E-state index is 0.474. The normalized spacial score (nSPS) is 13.4. The fourth-order valence-corrected chi connectivity index (χ4v) is 1.27. The summed E-state index contributed by atoms with van der Waals surface area (Å²) < 4.78 is 0. The molecule has 0 bridgehead atoms. The number of hydrogen-bond acceptors (Lipinski definition) is 1. The van der Waals surface area contributed by atoms with Crippen molar-refractivity contribution in [3.63, 3.8) is 0 Å². The van der Waals surface area contributed by atoms with E-state index in [1.165, 1.54) is 44.9 Å². The molecule has 68 valence electrons. The van der Waals surface area contributed by atoms with Crippen molar-refractivity contribution in [3.05, 3.63) is 0 Å². The molecule has 0 radical (unpaired) electrons. The molecule has 11 heavy (non-hydrogen) atoms. The van der Waals surface area contributed by atoms with Crippen LogP contribution in [-0.2, 0) is 0 Å². The fourth-order valence-electron chi connectivity index (χ4n) is 1.27. The summed E-state index contributed by atoms with van der Waals surface area (Å²) in [7, 11) is 0. The Morgan fingerprint density at radius 2 is 1.45 bits per heavy atom. The number of unbranched alkanes of at least 4 members (excludes halogenated alkanes) is 3. The first-order chi connectivity index (χ1) is 5.31. The van der Waals surface area contributed by atoms with Gasteiger partial charge in [0.1, 0.15) is 0 Å². The van der Waals surface area contributed by atoms with Crippen LogP contribution in [0.3, 0.4) is 0 Å². The van der Waals surface area contributed by atoms with Crippen molar-refractivity contribution in [2.24, 2.45) is 5.73 Å². The standard InChI is InChI=1S/C10H23N/c1-3-5-7-9-10(11)8-6-4-2/h10H,3-9,11H2,1-2H3/t10-/m0/s1. The summed E-state index contributed by atoms with van der Waals surface area (Å²) in [6, 6.07) is 0.474. The fraction of sp³-hybridized carbons (Fsp3) is 1.00. The lowest BCUT2D eigenvalue weighted by atomic mass is 10.0. The van der Waals surface area contributed by atoms with E-state index in [0.29, 0.717) is 6.04 Å². The summed E-state index contributed by atoms with van der Waals surface area (Å²) in [4.78, 5) is 0. The van der Waals surface area contributed by atoms with E-state index in [2.05, 4.69) is 13.8 Å². The molecule has 1 heteroatoms. The molecule has 0 amide bonds. The molecule has 0 aromatic heterocycles. The molecule has 2 N–H and O–H groups in total. The molecule has 0 saturated carbocycles. The predicted octanol–water partition coefficient (Wildman–Crippen LogP) is 3.08. The lowest BCUT2D eigenvalue weighted by Gasteiger charge is -2.09. The minimum Gasteiger partial charge on any atom is -0.328 e. The zero-order valence-electron chi connectivity index (χ0n) is 8.10. The van der Waals surface area contributed by atoms with Crippen LogP contribution in [0.25, 0.3) is 0 Å². The maximum Gasteiger partial charge on any atom is 0.00388 e.